The van der Waals surface area contributed by atoms with E-state index in [9.17, 15) is 29.8 Å². The maximum absolute atomic E-state index is 12.5. The highest BCUT2D eigenvalue weighted by atomic mass is 32.3. The Bertz CT molecular complexity index is 1790. The molecule has 0 saturated carbocycles. The van der Waals surface area contributed by atoms with E-state index in [-0.39, 0.29) is 27.6 Å². The normalized spacial score (nSPS) is 12.9. The second-order valence-corrected chi connectivity index (χ2v) is 12.4. The lowest BCUT2D eigenvalue weighted by atomic mass is 10.2. The minimum Gasteiger partial charge on any atom is -0.396 e. The summed E-state index contributed by atoms with van der Waals surface area (Å²) in [5, 5.41) is 15.7. The lowest BCUT2D eigenvalue weighted by molar-refractivity contribution is 0.284. The van der Waals surface area contributed by atoms with Crippen LogP contribution in [-0.2, 0) is 34.5 Å². The first kappa shape index (κ1) is 29.7. The molecule has 0 aliphatic carbocycles. The van der Waals surface area contributed by atoms with Crippen LogP contribution in [0.25, 0.3) is 0 Å². The first-order chi connectivity index (χ1) is 18.1. The van der Waals surface area contributed by atoms with Gasteiger partial charge in [-0.2, -0.15) is 27.1 Å². The number of nitrogens with zero attached hydrogens (tertiary/aromatic N) is 4. The number of anilines is 2. The van der Waals surface area contributed by atoms with Gasteiger partial charge < -0.3 is 11.5 Å². The lowest BCUT2D eigenvalue weighted by Gasteiger charge is -2.10. The summed E-state index contributed by atoms with van der Waals surface area (Å²) in [6, 6.07) is 12.8. The maximum atomic E-state index is 12.5. The molecule has 0 saturated heterocycles. The summed E-state index contributed by atoms with van der Waals surface area (Å²) in [5.74, 6) is -0.779. The van der Waals surface area contributed by atoms with Crippen molar-refractivity contribution in [2.24, 2.45) is 20.5 Å². The zero-order chi connectivity index (χ0) is 29.0. The Morgan fingerprint density at radius 3 is 2.03 bits per heavy atom. The molecule has 39 heavy (non-hydrogen) atoms. The molecule has 0 bridgehead atoms. The van der Waals surface area contributed by atoms with E-state index in [0.717, 1.165) is 17.7 Å². The Labute approximate surface area is 223 Å². The number of hydrogen-bond donors (Lipinski definition) is 4. The molecule has 0 fully saturated rings. The molecule has 0 heterocycles. The highest BCUT2D eigenvalue weighted by Crippen LogP contribution is 2.43. The summed E-state index contributed by atoms with van der Waals surface area (Å²) in [4.78, 5) is -1.03. The van der Waals surface area contributed by atoms with Gasteiger partial charge in [0.25, 0.3) is 10.1 Å². The third-order valence-electron chi connectivity index (χ3n) is 4.90. The molecule has 208 valence electrons. The van der Waals surface area contributed by atoms with Crippen molar-refractivity contribution >= 4 is 64.5 Å². The van der Waals surface area contributed by atoms with Crippen LogP contribution in [0.1, 0.15) is 5.56 Å². The number of benzene rings is 3. The third kappa shape index (κ3) is 8.09. The Balaban J connectivity index is 2.00. The molecule has 0 atom stereocenters. The van der Waals surface area contributed by atoms with Gasteiger partial charge in [-0.25, -0.2) is 12.6 Å². The van der Waals surface area contributed by atoms with E-state index < -0.39 is 53.3 Å². The predicted molar refractivity (Wildman–Crippen MR) is 141 cm³/mol. The minimum atomic E-state index is -4.85. The van der Waals surface area contributed by atoms with Gasteiger partial charge in [0.05, 0.1) is 40.0 Å². The number of aryl methyl sites for hydroxylation is 1. The average molecular weight is 599 g/mol. The second kappa shape index (κ2) is 11.5. The predicted octanol–water partition coefficient (Wildman–Crippen LogP) is 3.83. The van der Waals surface area contributed by atoms with Gasteiger partial charge in [-0.1, -0.05) is 18.2 Å². The smallest absolute Gasteiger partial charge is 0.396 e. The molecule has 0 aromatic heterocycles. The molecular weight excluding hydrogens is 576 g/mol. The van der Waals surface area contributed by atoms with Crippen LogP contribution < -0.4 is 11.5 Å². The molecule has 6 N–H and O–H groups in total. The SMILES string of the molecule is Cc1cccc(N=Nc2cc(S(=O)(=O)O)c(N)c(N=Nc3cccc(S(=O)(=O)CCOS(=O)(=O)O)c3)c2N)c1. The van der Waals surface area contributed by atoms with Gasteiger partial charge in [0.15, 0.2) is 9.84 Å². The molecule has 0 aliphatic heterocycles. The number of azo groups is 2. The van der Waals surface area contributed by atoms with Crippen LogP contribution in [-0.4, -0.2) is 46.7 Å². The maximum Gasteiger partial charge on any atom is 0.397 e. The third-order valence-corrected chi connectivity index (χ3v) is 7.93. The summed E-state index contributed by atoms with van der Waals surface area (Å²) < 4.78 is 92.4. The van der Waals surface area contributed by atoms with Gasteiger partial charge in [0, 0.05) is 0 Å². The average Bonchev–Trinajstić information content (AvgIpc) is 2.82. The van der Waals surface area contributed by atoms with Crippen LogP contribution >= 0.6 is 0 Å². The fourth-order valence-electron chi connectivity index (χ4n) is 3.08. The van der Waals surface area contributed by atoms with Crippen molar-refractivity contribution in [1.82, 2.24) is 0 Å². The molecule has 18 heteroatoms. The monoisotopic (exact) mass is 598 g/mol. The van der Waals surface area contributed by atoms with Crippen molar-refractivity contribution in [2.75, 3.05) is 23.8 Å². The molecule has 0 unspecified atom stereocenters. The number of hydrogen-bond acceptors (Lipinski definition) is 13. The number of nitrogen functional groups attached to an aromatic ring is 2. The Kier molecular flexibility index (Phi) is 8.78. The summed E-state index contributed by atoms with van der Waals surface area (Å²) >= 11 is 0. The topological polar surface area (TPSA) is 254 Å². The highest BCUT2D eigenvalue weighted by Gasteiger charge is 2.23. The number of sulfone groups is 1. The van der Waals surface area contributed by atoms with Gasteiger partial charge >= 0.3 is 10.4 Å². The molecule has 15 nitrogen and oxygen atoms in total. The molecule has 3 rings (SSSR count). The van der Waals surface area contributed by atoms with E-state index in [1.807, 2.05) is 13.0 Å². The van der Waals surface area contributed by atoms with Crippen molar-refractivity contribution in [3.8, 4) is 0 Å². The van der Waals surface area contributed by atoms with Crippen molar-refractivity contribution in [2.45, 2.75) is 16.7 Å². The summed E-state index contributed by atoms with van der Waals surface area (Å²) in [5.41, 5.74) is 11.9. The zero-order valence-corrected chi connectivity index (χ0v) is 22.5. The van der Waals surface area contributed by atoms with Crippen LogP contribution in [0.15, 0.2) is 84.8 Å². The van der Waals surface area contributed by atoms with Crippen molar-refractivity contribution < 1.29 is 38.5 Å². The molecule has 3 aromatic rings. The fraction of sp³-hybridized carbons (Fsp3) is 0.143. The van der Waals surface area contributed by atoms with E-state index in [1.54, 1.807) is 18.2 Å². The van der Waals surface area contributed by atoms with Crippen LogP contribution in [0.4, 0.5) is 34.1 Å². The fourth-order valence-corrected chi connectivity index (χ4v) is 5.24. The lowest BCUT2D eigenvalue weighted by Crippen LogP contribution is -2.15. The second-order valence-electron chi connectivity index (χ2n) is 7.85. The van der Waals surface area contributed by atoms with Crippen molar-refractivity contribution in [1.29, 1.82) is 0 Å². The Hall–Kier alpha value is -3.81. The number of rotatable bonds is 10. The quantitative estimate of drug-likeness (QED) is 0.148. The van der Waals surface area contributed by atoms with Crippen molar-refractivity contribution in [3.63, 3.8) is 0 Å². The van der Waals surface area contributed by atoms with Crippen LogP contribution in [0.5, 0.6) is 0 Å². The molecular formula is C21H22N6O9S3. The molecule has 0 radical (unpaired) electrons. The summed E-state index contributed by atoms with van der Waals surface area (Å²) in [7, 11) is -13.7. The molecule has 0 spiro atoms. The van der Waals surface area contributed by atoms with Gasteiger partial charge in [0.1, 0.15) is 16.3 Å². The van der Waals surface area contributed by atoms with Gasteiger partial charge in [-0.3, -0.25) is 9.11 Å². The molecule has 3 aromatic carbocycles. The summed E-state index contributed by atoms with van der Waals surface area (Å²) in [6.45, 7) is 1.00. The van der Waals surface area contributed by atoms with Gasteiger partial charge in [0.2, 0.25) is 0 Å². The Morgan fingerprint density at radius 2 is 1.41 bits per heavy atom. The van der Waals surface area contributed by atoms with Gasteiger partial charge in [-0.05, 0) is 48.9 Å². The van der Waals surface area contributed by atoms with E-state index in [0.29, 0.717) is 5.69 Å². The van der Waals surface area contributed by atoms with E-state index >= 15 is 0 Å². The Morgan fingerprint density at radius 1 is 0.795 bits per heavy atom. The van der Waals surface area contributed by atoms with Crippen LogP contribution in [0.2, 0.25) is 0 Å². The first-order valence-corrected chi connectivity index (χ1v) is 15.1. The zero-order valence-electron chi connectivity index (χ0n) is 20.0. The van der Waals surface area contributed by atoms with Gasteiger partial charge in [-0.15, -0.1) is 10.2 Å². The van der Waals surface area contributed by atoms with Crippen molar-refractivity contribution in [3.05, 3.63) is 60.2 Å². The van der Waals surface area contributed by atoms with E-state index in [2.05, 4.69) is 24.6 Å². The first-order valence-electron chi connectivity index (χ1n) is 10.6. The standard InChI is InChI=1S/C21H22N6O9S3/c1-13-4-2-5-14(10-13)24-26-17-12-18(38(30,31)32)20(23)21(19(17)22)27-25-15-6-3-7-16(11-15)37(28,29)9-8-36-39(33,34)35/h2-7,10-12H,8-9,22-23H2,1H3,(H,30,31,32)(H,33,34,35). The van der Waals surface area contributed by atoms with Crippen LogP contribution in [0, 0.1) is 6.92 Å². The summed E-state index contributed by atoms with van der Waals surface area (Å²) in [6.07, 6.45) is 0. The number of nitrogens with two attached hydrogens (primary N) is 2. The van der Waals surface area contributed by atoms with E-state index in [1.165, 1.54) is 18.2 Å². The minimum absolute atomic E-state index is 0.0363. The van der Waals surface area contributed by atoms with E-state index in [4.69, 9.17) is 16.0 Å². The highest BCUT2D eigenvalue weighted by molar-refractivity contribution is 7.91. The largest absolute Gasteiger partial charge is 0.397 e. The molecule has 0 aliphatic rings. The molecule has 0 amide bonds. The van der Waals surface area contributed by atoms with Crippen LogP contribution in [0.3, 0.4) is 0 Å².